The van der Waals surface area contributed by atoms with E-state index in [9.17, 15) is 9.59 Å². The third kappa shape index (κ3) is 4.76. The van der Waals surface area contributed by atoms with Crippen molar-refractivity contribution in [2.45, 2.75) is 51.9 Å². The zero-order valence-electron chi connectivity index (χ0n) is 15.7. The van der Waals surface area contributed by atoms with E-state index >= 15 is 0 Å². The maximum absolute atomic E-state index is 12.3. The van der Waals surface area contributed by atoms with E-state index < -0.39 is 11.9 Å². The number of carbonyl (C=O) groups excluding carboxylic acids is 2. The Kier molecular flexibility index (Phi) is 6.63. The fourth-order valence-electron chi connectivity index (χ4n) is 3.19. The number of cyclic esters (lactones) is 1. The lowest BCUT2D eigenvalue weighted by Crippen LogP contribution is -2.15. The van der Waals surface area contributed by atoms with E-state index in [0.717, 1.165) is 49.9 Å². The lowest BCUT2D eigenvalue weighted by atomic mass is 9.98. The second-order valence-corrected chi connectivity index (χ2v) is 6.78. The molecule has 0 N–H and O–H groups in total. The van der Waals surface area contributed by atoms with E-state index in [1.807, 2.05) is 28.9 Å². The van der Waals surface area contributed by atoms with E-state index in [-0.39, 0.29) is 11.5 Å². The Labute approximate surface area is 159 Å². The molecule has 0 saturated carbocycles. The summed E-state index contributed by atoms with van der Waals surface area (Å²) in [5.41, 5.74) is 0.782. The zero-order valence-corrected chi connectivity index (χ0v) is 15.7. The molecule has 1 saturated heterocycles. The van der Waals surface area contributed by atoms with Gasteiger partial charge in [-0.05, 0) is 50.3 Å². The number of ether oxygens (including phenoxy) is 2. The number of esters is 1. The van der Waals surface area contributed by atoms with Crippen molar-refractivity contribution < 1.29 is 19.1 Å². The summed E-state index contributed by atoms with van der Waals surface area (Å²) >= 11 is 0. The van der Waals surface area contributed by atoms with E-state index in [2.05, 4.69) is 11.9 Å². The van der Waals surface area contributed by atoms with Crippen LogP contribution in [-0.4, -0.2) is 27.7 Å². The van der Waals surface area contributed by atoms with Crippen molar-refractivity contribution in [3.8, 4) is 5.75 Å². The lowest BCUT2D eigenvalue weighted by Gasteiger charge is -2.08. The molecule has 1 aliphatic heterocycles. The van der Waals surface area contributed by atoms with Crippen molar-refractivity contribution >= 4 is 17.4 Å². The molecule has 6 nitrogen and oxygen atoms in total. The summed E-state index contributed by atoms with van der Waals surface area (Å²) in [5, 5.41) is 0. The van der Waals surface area contributed by atoms with Crippen molar-refractivity contribution in [2.75, 3.05) is 6.61 Å². The van der Waals surface area contributed by atoms with Gasteiger partial charge in [0.25, 0.3) is 0 Å². The molecule has 27 heavy (non-hydrogen) atoms. The van der Waals surface area contributed by atoms with Crippen LogP contribution in [0.25, 0.3) is 5.65 Å². The average Bonchev–Trinajstić information content (AvgIpc) is 3.25. The van der Waals surface area contributed by atoms with Crippen molar-refractivity contribution in [1.29, 1.82) is 0 Å². The minimum absolute atomic E-state index is 0.167. The molecule has 1 atom stereocenters. The molecule has 144 valence electrons. The summed E-state index contributed by atoms with van der Waals surface area (Å²) in [6, 6.07) is 3.79. The molecule has 0 aromatic carbocycles. The van der Waals surface area contributed by atoms with Crippen molar-refractivity contribution in [1.82, 2.24) is 9.38 Å². The van der Waals surface area contributed by atoms with Gasteiger partial charge in [0.2, 0.25) is 5.78 Å². The van der Waals surface area contributed by atoms with Crippen molar-refractivity contribution in [2.24, 2.45) is 5.92 Å². The van der Waals surface area contributed by atoms with Gasteiger partial charge >= 0.3 is 5.97 Å². The molecule has 1 aliphatic rings. The molecule has 1 unspecified atom stereocenters. The third-order valence-corrected chi connectivity index (χ3v) is 4.72. The Morgan fingerprint density at radius 1 is 1.22 bits per heavy atom. The number of carbonyl (C=O) groups is 2. The Balaban J connectivity index is 1.41. The molecular weight excluding hydrogens is 344 g/mol. The largest absolute Gasteiger partial charge is 0.490 e. The quantitative estimate of drug-likeness (QED) is 0.273. The standard InChI is InChI=1S/C21H26N2O4/c1-2-3-4-5-10-17-19(24)16(21(25)27-17)9-6-7-15-26-18-11-8-13-23-14-12-22-20(18)23/h8,10-14,16H,2-7,9,15H2,1H3/b17-10-. The summed E-state index contributed by atoms with van der Waals surface area (Å²) < 4.78 is 12.9. The summed E-state index contributed by atoms with van der Waals surface area (Å²) in [5.74, 6) is -0.262. The number of nitrogens with zero attached hydrogens (tertiary/aromatic N) is 2. The van der Waals surface area contributed by atoms with Crippen LogP contribution < -0.4 is 4.74 Å². The maximum Gasteiger partial charge on any atom is 0.322 e. The highest BCUT2D eigenvalue weighted by molar-refractivity contribution is 6.13. The van der Waals surface area contributed by atoms with Gasteiger partial charge in [0.05, 0.1) is 6.61 Å². The number of hydrogen-bond acceptors (Lipinski definition) is 5. The number of unbranched alkanes of at least 4 members (excludes halogenated alkanes) is 4. The highest BCUT2D eigenvalue weighted by Crippen LogP contribution is 2.26. The van der Waals surface area contributed by atoms with Gasteiger partial charge in [0.1, 0.15) is 5.92 Å². The molecule has 2 aromatic rings. The van der Waals surface area contributed by atoms with Crippen LogP contribution in [0.3, 0.4) is 0 Å². The number of aromatic nitrogens is 2. The summed E-state index contributed by atoms with van der Waals surface area (Å²) in [4.78, 5) is 28.6. The van der Waals surface area contributed by atoms with Gasteiger partial charge in [0, 0.05) is 18.6 Å². The van der Waals surface area contributed by atoms with Gasteiger partial charge in [-0.2, -0.15) is 0 Å². The number of pyridine rings is 1. The number of ketones is 1. The van der Waals surface area contributed by atoms with E-state index in [1.165, 1.54) is 0 Å². The summed E-state index contributed by atoms with van der Waals surface area (Å²) in [6.45, 7) is 2.64. The zero-order chi connectivity index (χ0) is 19.1. The Morgan fingerprint density at radius 2 is 2.11 bits per heavy atom. The molecule has 0 radical (unpaired) electrons. The first-order valence-corrected chi connectivity index (χ1v) is 9.71. The highest BCUT2D eigenvalue weighted by Gasteiger charge is 2.38. The predicted octanol–water partition coefficient (Wildman–Crippen LogP) is 4.09. The van der Waals surface area contributed by atoms with E-state index in [0.29, 0.717) is 13.0 Å². The van der Waals surface area contributed by atoms with Gasteiger partial charge in [-0.3, -0.25) is 9.59 Å². The number of allylic oxidation sites excluding steroid dienone is 2. The van der Waals surface area contributed by atoms with Crippen molar-refractivity contribution in [3.05, 3.63) is 42.6 Å². The Bertz CT molecular complexity index is 824. The molecule has 0 aliphatic carbocycles. The monoisotopic (exact) mass is 370 g/mol. The van der Waals surface area contributed by atoms with Crippen LogP contribution in [0.4, 0.5) is 0 Å². The molecule has 3 rings (SSSR count). The summed E-state index contributed by atoms with van der Waals surface area (Å²) in [6.07, 6.45) is 13.3. The smallest absolute Gasteiger partial charge is 0.322 e. The van der Waals surface area contributed by atoms with Gasteiger partial charge < -0.3 is 13.9 Å². The lowest BCUT2D eigenvalue weighted by molar-refractivity contribution is -0.139. The van der Waals surface area contributed by atoms with Crippen LogP contribution in [0.15, 0.2) is 42.6 Å². The molecule has 3 heterocycles. The van der Waals surface area contributed by atoms with E-state index in [1.54, 1.807) is 12.3 Å². The van der Waals surface area contributed by atoms with Crippen LogP contribution in [0.5, 0.6) is 5.75 Å². The molecule has 1 fully saturated rings. The predicted molar refractivity (Wildman–Crippen MR) is 101 cm³/mol. The number of imidazole rings is 1. The molecule has 2 aromatic heterocycles. The Hall–Kier alpha value is -2.63. The van der Waals surface area contributed by atoms with E-state index in [4.69, 9.17) is 9.47 Å². The topological polar surface area (TPSA) is 69.9 Å². The van der Waals surface area contributed by atoms with Crippen molar-refractivity contribution in [3.63, 3.8) is 0 Å². The van der Waals surface area contributed by atoms with Gasteiger partial charge in [0.15, 0.2) is 17.2 Å². The normalized spacial score (nSPS) is 18.4. The molecule has 0 bridgehead atoms. The first kappa shape index (κ1) is 19.1. The molecule has 0 spiro atoms. The minimum atomic E-state index is -0.654. The summed E-state index contributed by atoms with van der Waals surface area (Å²) in [7, 11) is 0. The number of rotatable bonds is 10. The molecule has 6 heteroatoms. The van der Waals surface area contributed by atoms with Gasteiger partial charge in [-0.1, -0.05) is 19.8 Å². The van der Waals surface area contributed by atoms with Crippen LogP contribution in [-0.2, 0) is 14.3 Å². The van der Waals surface area contributed by atoms with Crippen LogP contribution in [0.2, 0.25) is 0 Å². The van der Waals surface area contributed by atoms with Crippen LogP contribution in [0.1, 0.15) is 51.9 Å². The fraction of sp³-hybridized carbons (Fsp3) is 0.476. The number of hydrogen-bond donors (Lipinski definition) is 0. The number of Topliss-reactive ketones (excluding diaryl/α,β-unsaturated/α-hetero) is 1. The fourth-order valence-corrected chi connectivity index (χ4v) is 3.19. The number of fused-ring (bicyclic) bond motifs is 1. The Morgan fingerprint density at radius 3 is 2.96 bits per heavy atom. The van der Waals surface area contributed by atoms with Crippen LogP contribution in [0, 0.1) is 5.92 Å². The first-order valence-electron chi connectivity index (χ1n) is 9.71. The first-order chi connectivity index (χ1) is 13.2. The maximum atomic E-state index is 12.3. The average molecular weight is 370 g/mol. The minimum Gasteiger partial charge on any atom is -0.490 e. The molecule has 0 amide bonds. The second kappa shape index (κ2) is 9.35. The second-order valence-electron chi connectivity index (χ2n) is 6.78. The highest BCUT2D eigenvalue weighted by atomic mass is 16.5. The third-order valence-electron chi connectivity index (χ3n) is 4.72. The molecular formula is C21H26N2O4. The van der Waals surface area contributed by atoms with Crippen LogP contribution >= 0.6 is 0 Å². The van der Waals surface area contributed by atoms with Gasteiger partial charge in [-0.25, -0.2) is 4.98 Å². The SMILES string of the molecule is CCCCC/C=C1\OC(=O)C(CCCCOc2cccn3ccnc23)C1=O. The van der Waals surface area contributed by atoms with Gasteiger partial charge in [-0.15, -0.1) is 0 Å².